The van der Waals surface area contributed by atoms with Crippen LogP contribution in [-0.2, 0) is 11.3 Å². The Kier molecular flexibility index (Phi) is 5.35. The first-order valence-electron chi connectivity index (χ1n) is 8.46. The van der Waals surface area contributed by atoms with E-state index in [9.17, 15) is 4.79 Å². The first-order valence-corrected chi connectivity index (χ1v) is 8.46. The van der Waals surface area contributed by atoms with E-state index in [-0.39, 0.29) is 0 Å². The van der Waals surface area contributed by atoms with Crippen LogP contribution in [0.3, 0.4) is 0 Å². The third kappa shape index (κ3) is 4.25. The van der Waals surface area contributed by atoms with Gasteiger partial charge in [-0.25, -0.2) is 4.79 Å². The van der Waals surface area contributed by atoms with Crippen molar-refractivity contribution < 1.29 is 14.6 Å². The molecule has 2 rings (SSSR count). The second kappa shape index (κ2) is 6.91. The molecular weight excluding hydrogens is 290 g/mol. The normalized spacial score (nSPS) is 24.7. The van der Waals surface area contributed by atoms with Crippen LogP contribution < -0.4 is 10.1 Å². The third-order valence-electron chi connectivity index (χ3n) is 4.96. The summed E-state index contributed by atoms with van der Waals surface area (Å²) in [5, 5.41) is 12.8. The van der Waals surface area contributed by atoms with Crippen molar-refractivity contribution >= 4 is 5.97 Å². The Morgan fingerprint density at radius 2 is 1.91 bits per heavy atom. The fourth-order valence-corrected chi connectivity index (χ4v) is 3.34. The first kappa shape index (κ1) is 17.8. The van der Waals surface area contributed by atoms with E-state index in [0.717, 1.165) is 23.9 Å². The van der Waals surface area contributed by atoms with Crippen molar-refractivity contribution in [1.29, 1.82) is 0 Å². The lowest BCUT2D eigenvalue weighted by Crippen LogP contribution is -2.38. The van der Waals surface area contributed by atoms with Gasteiger partial charge in [-0.05, 0) is 62.6 Å². The lowest BCUT2D eigenvalue weighted by atomic mass is 10.00. The molecular formula is C19H29NO3. The Balaban J connectivity index is 2.00. The molecule has 0 spiro atoms. The Morgan fingerprint density at radius 3 is 2.43 bits per heavy atom. The summed E-state index contributed by atoms with van der Waals surface area (Å²) in [6.07, 6.45) is 2.60. The van der Waals surface area contributed by atoms with E-state index in [4.69, 9.17) is 9.84 Å². The molecule has 1 aliphatic carbocycles. The number of rotatable bonds is 6. The lowest BCUT2D eigenvalue weighted by Gasteiger charge is -2.24. The highest BCUT2D eigenvalue weighted by Crippen LogP contribution is 2.31. The van der Waals surface area contributed by atoms with Gasteiger partial charge < -0.3 is 15.2 Å². The van der Waals surface area contributed by atoms with E-state index in [1.165, 1.54) is 18.4 Å². The number of nitrogens with one attached hydrogen (secondary N) is 1. The Labute approximate surface area is 139 Å². The molecule has 1 saturated carbocycles. The van der Waals surface area contributed by atoms with Crippen molar-refractivity contribution in [3.63, 3.8) is 0 Å². The summed E-state index contributed by atoms with van der Waals surface area (Å²) in [5.74, 6) is 1.12. The zero-order valence-corrected chi connectivity index (χ0v) is 14.8. The minimum absolute atomic E-state index is 0.581. The van der Waals surface area contributed by atoms with Gasteiger partial charge in [0.1, 0.15) is 5.75 Å². The van der Waals surface area contributed by atoms with E-state index in [1.54, 1.807) is 13.8 Å². The number of hydrogen-bond acceptors (Lipinski definition) is 3. The highest BCUT2D eigenvalue weighted by Gasteiger charge is 2.30. The molecule has 2 unspecified atom stereocenters. The van der Waals surface area contributed by atoms with Gasteiger partial charge in [-0.3, -0.25) is 0 Å². The largest absolute Gasteiger partial charge is 0.478 e. The molecule has 4 nitrogen and oxygen atoms in total. The summed E-state index contributed by atoms with van der Waals surface area (Å²) in [5.41, 5.74) is 0.944. The number of hydrogen-bond donors (Lipinski definition) is 2. The molecule has 0 amide bonds. The number of ether oxygens (including phenoxy) is 1. The summed E-state index contributed by atoms with van der Waals surface area (Å²) in [6, 6.07) is 6.54. The highest BCUT2D eigenvalue weighted by atomic mass is 16.5. The number of aryl methyl sites for hydroxylation is 1. The number of aliphatic carboxylic acids is 1. The van der Waals surface area contributed by atoms with Crippen molar-refractivity contribution in [2.45, 2.75) is 65.6 Å². The van der Waals surface area contributed by atoms with Crippen LogP contribution >= 0.6 is 0 Å². The number of carboxylic acids is 1. The van der Waals surface area contributed by atoms with E-state index in [2.05, 4.69) is 25.2 Å². The van der Waals surface area contributed by atoms with Gasteiger partial charge in [-0.1, -0.05) is 26.0 Å². The van der Waals surface area contributed by atoms with Crippen molar-refractivity contribution in [3.05, 3.63) is 29.3 Å². The molecule has 1 aromatic rings. The molecule has 0 radical (unpaired) electrons. The average Bonchev–Trinajstić information content (AvgIpc) is 2.78. The SMILES string of the molecule is Cc1cc(CNC2C(C)CCC2C)ccc1OC(C)(C)C(=O)O. The van der Waals surface area contributed by atoms with Crippen LogP contribution in [0.4, 0.5) is 0 Å². The summed E-state index contributed by atoms with van der Waals surface area (Å²) in [4.78, 5) is 11.2. The Bertz CT molecular complexity index is 558. The maximum Gasteiger partial charge on any atom is 0.347 e. The second-order valence-electron chi connectivity index (χ2n) is 7.46. The molecule has 1 aromatic carbocycles. The third-order valence-corrected chi connectivity index (χ3v) is 4.96. The second-order valence-corrected chi connectivity index (χ2v) is 7.46. The summed E-state index contributed by atoms with van der Waals surface area (Å²) in [6.45, 7) is 10.6. The quantitative estimate of drug-likeness (QED) is 0.838. The number of carbonyl (C=O) groups is 1. The molecule has 1 fully saturated rings. The van der Waals surface area contributed by atoms with Crippen LogP contribution in [-0.4, -0.2) is 22.7 Å². The van der Waals surface area contributed by atoms with Crippen LogP contribution in [0.1, 0.15) is 51.7 Å². The van der Waals surface area contributed by atoms with Crippen molar-refractivity contribution in [2.24, 2.45) is 11.8 Å². The smallest absolute Gasteiger partial charge is 0.347 e. The van der Waals surface area contributed by atoms with Crippen LogP contribution in [0.15, 0.2) is 18.2 Å². The Hall–Kier alpha value is -1.55. The van der Waals surface area contributed by atoms with Crippen LogP contribution in [0.2, 0.25) is 0 Å². The fraction of sp³-hybridized carbons (Fsp3) is 0.632. The van der Waals surface area contributed by atoms with Gasteiger partial charge in [0.15, 0.2) is 5.60 Å². The molecule has 0 aliphatic heterocycles. The lowest BCUT2D eigenvalue weighted by molar-refractivity contribution is -0.152. The average molecular weight is 319 g/mol. The molecule has 128 valence electrons. The van der Waals surface area contributed by atoms with Crippen molar-refractivity contribution in [2.75, 3.05) is 0 Å². The zero-order chi connectivity index (χ0) is 17.2. The maximum atomic E-state index is 11.2. The number of carboxylic acid groups (broad SMARTS) is 1. The van der Waals surface area contributed by atoms with Crippen LogP contribution in [0.25, 0.3) is 0 Å². The molecule has 4 heteroatoms. The van der Waals surface area contributed by atoms with Gasteiger partial charge >= 0.3 is 5.97 Å². The van der Waals surface area contributed by atoms with Gasteiger partial charge in [0.25, 0.3) is 0 Å². The zero-order valence-electron chi connectivity index (χ0n) is 14.8. The van der Waals surface area contributed by atoms with Gasteiger partial charge in [0, 0.05) is 12.6 Å². The Morgan fingerprint density at radius 1 is 1.30 bits per heavy atom. The van der Waals surface area contributed by atoms with Gasteiger partial charge in [0.2, 0.25) is 0 Å². The molecule has 1 aliphatic rings. The minimum atomic E-state index is -1.22. The molecule has 0 saturated heterocycles. The molecule has 0 heterocycles. The molecule has 23 heavy (non-hydrogen) atoms. The van der Waals surface area contributed by atoms with Crippen molar-refractivity contribution in [3.8, 4) is 5.75 Å². The standard InChI is InChI=1S/C19H29NO3/c1-12-6-7-13(2)17(12)20-11-15-8-9-16(14(3)10-15)23-19(4,5)18(21)22/h8-10,12-13,17,20H,6-7,11H2,1-5H3,(H,21,22). The predicted molar refractivity (Wildman–Crippen MR) is 91.7 cm³/mol. The van der Waals surface area contributed by atoms with Crippen LogP contribution in [0.5, 0.6) is 5.75 Å². The van der Waals surface area contributed by atoms with Crippen molar-refractivity contribution in [1.82, 2.24) is 5.32 Å². The highest BCUT2D eigenvalue weighted by molar-refractivity contribution is 5.76. The molecule has 2 N–H and O–H groups in total. The summed E-state index contributed by atoms with van der Waals surface area (Å²) in [7, 11) is 0. The fourth-order valence-electron chi connectivity index (χ4n) is 3.34. The van der Waals surface area contributed by atoms with Gasteiger partial charge in [0.05, 0.1) is 0 Å². The number of benzene rings is 1. The van der Waals surface area contributed by atoms with Gasteiger partial charge in [-0.15, -0.1) is 0 Å². The molecule has 2 atom stereocenters. The minimum Gasteiger partial charge on any atom is -0.478 e. The summed E-state index contributed by atoms with van der Waals surface area (Å²) < 4.78 is 5.64. The monoisotopic (exact) mass is 319 g/mol. The topological polar surface area (TPSA) is 58.6 Å². The summed E-state index contributed by atoms with van der Waals surface area (Å²) >= 11 is 0. The van der Waals surface area contributed by atoms with Crippen LogP contribution in [0, 0.1) is 18.8 Å². The van der Waals surface area contributed by atoms with Gasteiger partial charge in [-0.2, -0.15) is 0 Å². The van der Waals surface area contributed by atoms with E-state index in [1.807, 2.05) is 19.1 Å². The van der Waals surface area contributed by atoms with E-state index < -0.39 is 11.6 Å². The molecule has 0 aromatic heterocycles. The molecule has 0 bridgehead atoms. The first-order chi connectivity index (χ1) is 10.7. The maximum absolute atomic E-state index is 11.2. The van der Waals surface area contributed by atoms with E-state index >= 15 is 0 Å². The predicted octanol–water partition coefficient (Wildman–Crippen LogP) is 3.76. The van der Waals surface area contributed by atoms with E-state index in [0.29, 0.717) is 11.8 Å².